The molecule has 4 aromatic heterocycles. The van der Waals surface area contributed by atoms with Gasteiger partial charge in [-0.05, 0) is 123 Å². The smallest absolute Gasteiger partial charge is 0.363 e. The van der Waals surface area contributed by atoms with Crippen molar-refractivity contribution >= 4 is 175 Å². The summed E-state index contributed by atoms with van der Waals surface area (Å²) < 4.78 is 37.3. The summed E-state index contributed by atoms with van der Waals surface area (Å²) in [6.45, 7) is 7.10. The number of rotatable bonds is 55. The van der Waals surface area contributed by atoms with E-state index >= 15 is 0 Å². The Morgan fingerprint density at radius 3 is 0.992 bits per heavy atom. The third-order valence-corrected chi connectivity index (χ3v) is 25.2. The Labute approximate surface area is 736 Å². The van der Waals surface area contributed by atoms with Crippen molar-refractivity contribution in [3.63, 3.8) is 0 Å². The van der Waals surface area contributed by atoms with Crippen LogP contribution in [0, 0.1) is 0 Å². The highest BCUT2D eigenvalue weighted by Gasteiger charge is 2.36. The highest BCUT2D eigenvalue weighted by Crippen LogP contribution is 2.41. The lowest BCUT2D eigenvalue weighted by molar-refractivity contribution is -0.198. The van der Waals surface area contributed by atoms with Crippen LogP contribution in [0.3, 0.4) is 0 Å². The Morgan fingerprint density at radius 1 is 0.344 bits per heavy atom. The minimum absolute atomic E-state index is 0.0394. The third kappa shape index (κ3) is 44.6. The van der Waals surface area contributed by atoms with Gasteiger partial charge in [0.2, 0.25) is 11.8 Å². The van der Waals surface area contributed by atoms with Crippen molar-refractivity contribution < 1.29 is 124 Å². The van der Waals surface area contributed by atoms with Crippen LogP contribution in [0.25, 0.3) is 0 Å². The largest absolute Gasteiger partial charge is 0.379 e. The van der Waals surface area contributed by atoms with Gasteiger partial charge in [0, 0.05) is 144 Å². The van der Waals surface area contributed by atoms with Gasteiger partial charge in [-0.25, -0.2) is 39.1 Å². The number of hydroxylamine groups is 8. The molecule has 1 aromatic carbocycles. The van der Waals surface area contributed by atoms with Crippen molar-refractivity contribution in [2.75, 3.05) is 123 Å². The number of carbonyl (C=O) groups is 15. The first-order valence-corrected chi connectivity index (χ1v) is 47.7. The van der Waals surface area contributed by atoms with Gasteiger partial charge in [-0.2, -0.15) is 0 Å². The monoisotopic (exact) mass is 1840 g/mol. The van der Waals surface area contributed by atoms with Crippen LogP contribution in [0.2, 0.25) is 0 Å². The number of amides is 10. The van der Waals surface area contributed by atoms with E-state index in [1.807, 2.05) is 84.9 Å². The number of nitrogens with one attached hydrogen (secondary N) is 2. The van der Waals surface area contributed by atoms with Gasteiger partial charge in [0.1, 0.15) is 25.9 Å². The average Bonchev–Trinajstić information content (AvgIpc) is 1.53. The molecule has 662 valence electrons. The first-order chi connectivity index (χ1) is 59.2. The standard InChI is InChI=1S/C24H34N2O9S2.C19H25N3O7S2.C18H16N2O4S2.C17H21N3O6S2/c27-20(9-19-36-37-21-5-1-2-10-25-21)4-3-11-31-13-15-33-17-18-34-16-14-32-12-8-24(30)35-26-22(28)6-7-23(26)29;23-15(7-14-30-31-16-3-1-2-8-21-16)20-9-11-28-13-12-27-10-6-19(26)29-22-17(24)4-5-18(22)25;1-12(25-26-15-4-2-3-11-19-15)13-5-7-14(8-6-13)18(23)24-20-16(21)9-10-17(20)22;21-13(7-12-27-28-14-3-1-2-8-19-14)18-9-11-25-10-6-17(24)26-20-15(22)4-5-16(20)23/h1-2,5,10H,3-4,6-9,11-19H2;1-3,8H,4-7,9-14H2,(H,20,23);2-8,11-12H,9-10H2,1H3;1-3,8H,4-7,9-12H2,(H,18,21). The molecule has 122 heavy (non-hydrogen) atoms. The summed E-state index contributed by atoms with van der Waals surface area (Å²) in [5.41, 5.74) is 1.33. The zero-order chi connectivity index (χ0) is 87.6. The number of ketones is 1. The molecule has 1 atom stereocenters. The Morgan fingerprint density at radius 2 is 0.648 bits per heavy atom. The molecule has 9 rings (SSSR count). The molecule has 36 nitrogen and oxygen atoms in total. The van der Waals surface area contributed by atoms with Crippen LogP contribution < -0.4 is 10.6 Å². The van der Waals surface area contributed by atoms with Crippen LogP contribution in [-0.2, 0) is 120 Å². The second-order valence-corrected chi connectivity index (χ2v) is 34.9. The van der Waals surface area contributed by atoms with Crippen LogP contribution in [0.5, 0.6) is 0 Å². The number of hydrogen-bond donors (Lipinski definition) is 2. The van der Waals surface area contributed by atoms with Gasteiger partial charge in [0.15, 0.2) is 0 Å². The maximum atomic E-state index is 12.1. The molecule has 0 bridgehead atoms. The van der Waals surface area contributed by atoms with E-state index in [1.54, 1.807) is 102 Å². The maximum Gasteiger partial charge on any atom is 0.363 e. The molecule has 4 aliphatic rings. The SMILES string of the molecule is CC(SSc1ccccn1)c1ccc(C(=O)ON2C(=O)CCC2=O)cc1.O=C(CCCOCCOCCOCCOCCC(=O)ON1C(=O)CCC1=O)CCSSc1ccccn1.O=C(CCSSc1ccccn1)NCCOCCC(=O)ON1C(=O)CCC1=O.O=C(CCSSc1ccccn1)NCCOCCOCCC(=O)ON1C(=O)CCC1=O. The predicted molar refractivity (Wildman–Crippen MR) is 452 cm³/mol. The molecule has 5 aromatic rings. The number of pyridine rings is 4. The van der Waals surface area contributed by atoms with Gasteiger partial charge >= 0.3 is 23.9 Å². The molecule has 0 radical (unpaired) electrons. The summed E-state index contributed by atoms with van der Waals surface area (Å²) in [7, 11) is 12.7. The Bertz CT molecular complexity index is 4030. The summed E-state index contributed by atoms with van der Waals surface area (Å²) in [6.07, 6.45) is 9.81. The van der Waals surface area contributed by atoms with Gasteiger partial charge in [-0.3, -0.25) is 52.7 Å². The van der Waals surface area contributed by atoms with Crippen molar-refractivity contribution in [1.29, 1.82) is 0 Å². The normalized spacial score (nSPS) is 13.8. The predicted octanol–water partition coefficient (Wildman–Crippen LogP) is 9.13. The van der Waals surface area contributed by atoms with Crippen molar-refractivity contribution in [2.24, 2.45) is 0 Å². The molecule has 4 aliphatic heterocycles. The summed E-state index contributed by atoms with van der Waals surface area (Å²) in [5, 5.41) is 11.5. The third-order valence-electron chi connectivity index (χ3n) is 15.7. The number of benzene rings is 1. The van der Waals surface area contributed by atoms with Gasteiger partial charge in [0.25, 0.3) is 47.3 Å². The molecule has 0 aliphatic carbocycles. The topological polar surface area (TPSA) is 446 Å². The van der Waals surface area contributed by atoms with Gasteiger partial charge in [0.05, 0.1) is 111 Å². The fraction of sp³-hybridized carbons (Fsp3) is 0.474. The van der Waals surface area contributed by atoms with Crippen LogP contribution in [0.15, 0.2) is 142 Å². The molecular weight excluding hydrogens is 1750 g/mol. The fourth-order valence-electron chi connectivity index (χ4n) is 9.44. The van der Waals surface area contributed by atoms with Crippen LogP contribution in [0.4, 0.5) is 0 Å². The molecular formula is C78H96N10O26S8. The molecule has 44 heteroatoms. The minimum Gasteiger partial charge on any atom is -0.379 e. The van der Waals surface area contributed by atoms with E-state index in [4.69, 9.17) is 52.5 Å². The summed E-state index contributed by atoms with van der Waals surface area (Å²) in [6, 6.07) is 29.8. The van der Waals surface area contributed by atoms with E-state index in [9.17, 15) is 71.9 Å². The lowest BCUT2D eigenvalue weighted by Gasteiger charge is -2.13. The average molecular weight is 1850 g/mol. The van der Waals surface area contributed by atoms with E-state index in [-0.39, 0.29) is 132 Å². The van der Waals surface area contributed by atoms with E-state index in [2.05, 4.69) is 37.5 Å². The lowest BCUT2D eigenvalue weighted by atomic mass is 10.1. The fourth-order valence-corrected chi connectivity index (χ4v) is 17.2. The molecule has 8 heterocycles. The first kappa shape index (κ1) is 102. The van der Waals surface area contributed by atoms with Crippen LogP contribution >= 0.6 is 86.4 Å². The van der Waals surface area contributed by atoms with E-state index < -0.39 is 71.1 Å². The van der Waals surface area contributed by atoms with Crippen LogP contribution in [-0.4, -0.2) is 252 Å². The molecule has 10 amide bonds. The van der Waals surface area contributed by atoms with Crippen LogP contribution in [0.1, 0.15) is 131 Å². The molecule has 0 saturated carbocycles. The number of nitrogens with zero attached hydrogens (tertiary/aromatic N) is 8. The zero-order valence-electron chi connectivity index (χ0n) is 66.8. The van der Waals surface area contributed by atoms with E-state index in [1.165, 1.54) is 21.6 Å². The van der Waals surface area contributed by atoms with E-state index in [0.717, 1.165) is 31.4 Å². The zero-order valence-corrected chi connectivity index (χ0v) is 73.4. The second kappa shape index (κ2) is 62.5. The Kier molecular flexibility index (Phi) is 52.3. The minimum atomic E-state index is -0.719. The molecule has 2 N–H and O–H groups in total. The van der Waals surface area contributed by atoms with Crippen molar-refractivity contribution in [2.45, 2.75) is 135 Å². The molecule has 4 saturated heterocycles. The Hall–Kier alpha value is -8.61. The van der Waals surface area contributed by atoms with Gasteiger partial charge in [-0.15, -0.1) is 20.3 Å². The van der Waals surface area contributed by atoms with Gasteiger partial charge in [-0.1, -0.05) is 79.6 Å². The van der Waals surface area contributed by atoms with Crippen molar-refractivity contribution in [3.05, 3.63) is 133 Å². The van der Waals surface area contributed by atoms with Crippen molar-refractivity contribution in [1.82, 2.24) is 50.8 Å². The summed E-state index contributed by atoms with van der Waals surface area (Å²) in [5.74, 6) is -4.65. The lowest BCUT2D eigenvalue weighted by Crippen LogP contribution is -2.32. The van der Waals surface area contributed by atoms with Crippen molar-refractivity contribution in [3.8, 4) is 0 Å². The maximum absolute atomic E-state index is 12.1. The highest BCUT2D eigenvalue weighted by molar-refractivity contribution is 8.77. The summed E-state index contributed by atoms with van der Waals surface area (Å²) in [4.78, 5) is 209. The number of carbonyl (C=O) groups excluding carboxylic acids is 15. The number of ether oxygens (including phenoxy) is 7. The summed E-state index contributed by atoms with van der Waals surface area (Å²) >= 11 is 0. The second-order valence-electron chi connectivity index (χ2n) is 25.1. The molecule has 1 unspecified atom stereocenters. The van der Waals surface area contributed by atoms with E-state index in [0.29, 0.717) is 136 Å². The first-order valence-electron chi connectivity index (χ1n) is 38.6. The molecule has 4 fully saturated rings. The molecule has 0 spiro atoms. The number of imide groups is 4. The van der Waals surface area contributed by atoms with Gasteiger partial charge < -0.3 is 63.1 Å². The number of hydrogen-bond acceptors (Lipinski definition) is 38. The number of aromatic nitrogens is 4. The highest BCUT2D eigenvalue weighted by atomic mass is 33.1. The quantitative estimate of drug-likeness (QED) is 0.0208. The Balaban J connectivity index is 0.000000254. The number of Topliss-reactive ketones (excluding diaryl/α,β-unsaturated/α-hetero) is 1.